The third-order valence-electron chi connectivity index (χ3n) is 4.84. The number of nitrogens with one attached hydrogen (secondary N) is 1. The van der Waals surface area contributed by atoms with Gasteiger partial charge in [-0.1, -0.05) is 36.4 Å². The Bertz CT molecular complexity index is 1250. The van der Waals surface area contributed by atoms with E-state index in [-0.39, 0.29) is 0 Å². The fourth-order valence-corrected chi connectivity index (χ4v) is 3.77. The van der Waals surface area contributed by atoms with Gasteiger partial charge in [-0.15, -0.1) is 11.3 Å². The molecular formula is C25H22N2O4S. The largest absolute Gasteiger partial charge is 0.487 e. The summed E-state index contributed by atoms with van der Waals surface area (Å²) >= 11 is 1.57. The van der Waals surface area contributed by atoms with Crippen LogP contribution in [-0.4, -0.2) is 23.0 Å². The van der Waals surface area contributed by atoms with Crippen LogP contribution < -0.4 is 10.1 Å². The Balaban J connectivity index is 1.33. The molecule has 7 heteroatoms. The van der Waals surface area contributed by atoms with Crippen LogP contribution >= 0.6 is 11.3 Å². The van der Waals surface area contributed by atoms with Gasteiger partial charge in [-0.2, -0.15) is 0 Å². The van der Waals surface area contributed by atoms with E-state index in [1.54, 1.807) is 42.5 Å². The molecule has 0 spiro atoms. The summed E-state index contributed by atoms with van der Waals surface area (Å²) in [4.78, 5) is 29.4. The lowest BCUT2D eigenvalue weighted by Crippen LogP contribution is -2.30. The predicted octanol–water partition coefficient (Wildman–Crippen LogP) is 5.37. The van der Waals surface area contributed by atoms with Crippen molar-refractivity contribution in [3.8, 4) is 5.75 Å². The number of hydrogen-bond donors (Lipinski definition) is 1. The highest BCUT2D eigenvalue weighted by atomic mass is 32.1. The van der Waals surface area contributed by atoms with Crippen LogP contribution in [0, 0.1) is 6.92 Å². The molecule has 1 unspecified atom stereocenters. The van der Waals surface area contributed by atoms with E-state index < -0.39 is 18.0 Å². The highest BCUT2D eigenvalue weighted by Crippen LogP contribution is 2.23. The van der Waals surface area contributed by atoms with Crippen LogP contribution in [0.25, 0.3) is 10.8 Å². The van der Waals surface area contributed by atoms with Gasteiger partial charge in [0.15, 0.2) is 6.10 Å². The molecule has 6 nitrogen and oxygen atoms in total. The molecule has 0 bridgehead atoms. The molecule has 0 aliphatic rings. The first-order valence-electron chi connectivity index (χ1n) is 10.1. The summed E-state index contributed by atoms with van der Waals surface area (Å²) in [5.74, 6) is -0.352. The zero-order chi connectivity index (χ0) is 22.5. The van der Waals surface area contributed by atoms with Crippen molar-refractivity contribution in [1.29, 1.82) is 0 Å². The first-order valence-corrected chi connectivity index (χ1v) is 11.0. The molecule has 3 aromatic carbocycles. The van der Waals surface area contributed by atoms with Crippen LogP contribution in [0.4, 0.5) is 5.69 Å². The van der Waals surface area contributed by atoms with E-state index in [9.17, 15) is 9.59 Å². The molecule has 1 N–H and O–H groups in total. The average molecular weight is 447 g/mol. The molecule has 0 saturated carbocycles. The number of anilines is 1. The SMILES string of the molecule is Cc1nc(COc2ccc(C(=O)OC(C)C(=O)Nc3cccc4ccccc34)cc2)cs1. The lowest BCUT2D eigenvalue weighted by atomic mass is 10.1. The standard InChI is InChI=1S/C25H22N2O4S/c1-16(24(28)27-23-9-5-7-18-6-3-4-8-22(18)23)31-25(29)19-10-12-21(13-11-19)30-14-20-15-32-17(2)26-20/h3-13,15-16H,14H2,1-2H3,(H,27,28). The predicted molar refractivity (Wildman–Crippen MR) is 125 cm³/mol. The zero-order valence-corrected chi connectivity index (χ0v) is 18.5. The number of benzene rings is 3. The van der Waals surface area contributed by atoms with Crippen molar-refractivity contribution in [3.63, 3.8) is 0 Å². The smallest absolute Gasteiger partial charge is 0.338 e. The van der Waals surface area contributed by atoms with Crippen LogP contribution in [0.1, 0.15) is 28.0 Å². The van der Waals surface area contributed by atoms with Crippen molar-refractivity contribution in [2.75, 3.05) is 5.32 Å². The lowest BCUT2D eigenvalue weighted by Gasteiger charge is -2.15. The second-order valence-corrected chi connectivity index (χ2v) is 8.30. The monoisotopic (exact) mass is 446 g/mol. The summed E-state index contributed by atoms with van der Waals surface area (Å²) in [6.45, 7) is 3.85. The lowest BCUT2D eigenvalue weighted by molar-refractivity contribution is -0.123. The van der Waals surface area contributed by atoms with Crippen molar-refractivity contribution < 1.29 is 19.1 Å². The van der Waals surface area contributed by atoms with Crippen molar-refractivity contribution >= 4 is 39.7 Å². The Labute approximate surface area is 189 Å². The van der Waals surface area contributed by atoms with Crippen LogP contribution in [0.3, 0.4) is 0 Å². The minimum atomic E-state index is -0.953. The maximum absolute atomic E-state index is 12.6. The molecule has 4 aromatic rings. The number of ether oxygens (including phenoxy) is 2. The van der Waals surface area contributed by atoms with E-state index in [4.69, 9.17) is 9.47 Å². The number of amides is 1. The van der Waals surface area contributed by atoms with E-state index in [2.05, 4.69) is 10.3 Å². The van der Waals surface area contributed by atoms with E-state index in [0.717, 1.165) is 21.5 Å². The van der Waals surface area contributed by atoms with Gasteiger partial charge in [0, 0.05) is 16.5 Å². The molecule has 4 rings (SSSR count). The summed E-state index contributed by atoms with van der Waals surface area (Å²) in [6, 6.07) is 20.0. The normalized spacial score (nSPS) is 11.7. The molecule has 0 saturated heterocycles. The highest BCUT2D eigenvalue weighted by Gasteiger charge is 2.19. The minimum Gasteiger partial charge on any atom is -0.487 e. The number of aryl methyl sites for hydroxylation is 1. The maximum Gasteiger partial charge on any atom is 0.338 e. The number of carbonyl (C=O) groups is 2. The molecule has 0 aliphatic heterocycles. The summed E-state index contributed by atoms with van der Waals surface area (Å²) in [5, 5.41) is 7.72. The van der Waals surface area contributed by atoms with Gasteiger partial charge in [-0.25, -0.2) is 9.78 Å². The van der Waals surface area contributed by atoms with Gasteiger partial charge in [0.1, 0.15) is 12.4 Å². The number of thiazole rings is 1. The number of rotatable bonds is 7. The van der Waals surface area contributed by atoms with E-state index >= 15 is 0 Å². The quantitative estimate of drug-likeness (QED) is 0.386. The Morgan fingerprint density at radius 2 is 1.78 bits per heavy atom. The summed E-state index contributed by atoms with van der Waals surface area (Å²) in [7, 11) is 0. The molecule has 32 heavy (non-hydrogen) atoms. The van der Waals surface area contributed by atoms with Gasteiger partial charge < -0.3 is 14.8 Å². The zero-order valence-electron chi connectivity index (χ0n) is 17.7. The molecule has 0 radical (unpaired) electrons. The number of carbonyl (C=O) groups excluding carboxylic acids is 2. The van der Waals surface area contributed by atoms with Crippen molar-refractivity contribution in [3.05, 3.63) is 88.4 Å². The van der Waals surface area contributed by atoms with Gasteiger partial charge in [0.05, 0.1) is 16.3 Å². The fourth-order valence-electron chi connectivity index (χ4n) is 3.17. The van der Waals surface area contributed by atoms with E-state index in [0.29, 0.717) is 23.6 Å². The first kappa shape index (κ1) is 21.5. The topological polar surface area (TPSA) is 77.5 Å². The van der Waals surface area contributed by atoms with Gasteiger partial charge in [0.2, 0.25) is 0 Å². The van der Waals surface area contributed by atoms with Crippen LogP contribution in [0.5, 0.6) is 5.75 Å². The second kappa shape index (κ2) is 9.62. The third-order valence-corrected chi connectivity index (χ3v) is 5.67. The fraction of sp³-hybridized carbons (Fsp3) is 0.160. The molecule has 0 fully saturated rings. The number of esters is 1. The van der Waals surface area contributed by atoms with Crippen molar-refractivity contribution in [2.45, 2.75) is 26.6 Å². The van der Waals surface area contributed by atoms with Crippen molar-refractivity contribution in [1.82, 2.24) is 4.98 Å². The van der Waals surface area contributed by atoms with E-state index in [1.807, 2.05) is 54.8 Å². The van der Waals surface area contributed by atoms with Crippen LogP contribution in [0.15, 0.2) is 72.1 Å². The Hall–Kier alpha value is -3.71. The molecule has 1 aromatic heterocycles. The number of fused-ring (bicyclic) bond motifs is 1. The van der Waals surface area contributed by atoms with E-state index in [1.165, 1.54) is 0 Å². The molecule has 162 valence electrons. The molecule has 0 aliphatic carbocycles. The summed E-state index contributed by atoms with van der Waals surface area (Å²) in [5.41, 5.74) is 1.88. The summed E-state index contributed by atoms with van der Waals surface area (Å²) < 4.78 is 11.0. The molecule has 1 heterocycles. The Morgan fingerprint density at radius 3 is 2.53 bits per heavy atom. The molecule has 1 amide bonds. The Kier molecular flexibility index (Phi) is 6.47. The van der Waals surface area contributed by atoms with Gasteiger partial charge in [-0.05, 0) is 49.6 Å². The van der Waals surface area contributed by atoms with Gasteiger partial charge in [-0.3, -0.25) is 4.79 Å². The second-order valence-electron chi connectivity index (χ2n) is 7.23. The van der Waals surface area contributed by atoms with Gasteiger partial charge in [0.25, 0.3) is 5.91 Å². The molecule has 1 atom stereocenters. The molecular weight excluding hydrogens is 424 g/mol. The third kappa shape index (κ3) is 5.12. The number of hydrogen-bond acceptors (Lipinski definition) is 6. The van der Waals surface area contributed by atoms with Crippen molar-refractivity contribution in [2.24, 2.45) is 0 Å². The number of nitrogens with zero attached hydrogens (tertiary/aromatic N) is 1. The summed E-state index contributed by atoms with van der Waals surface area (Å²) in [6.07, 6.45) is -0.953. The Morgan fingerprint density at radius 1 is 1.03 bits per heavy atom. The minimum absolute atomic E-state index is 0.340. The maximum atomic E-state index is 12.6. The average Bonchev–Trinajstić information content (AvgIpc) is 3.23. The highest BCUT2D eigenvalue weighted by molar-refractivity contribution is 7.09. The van der Waals surface area contributed by atoms with Crippen LogP contribution in [-0.2, 0) is 16.1 Å². The first-order chi connectivity index (χ1) is 15.5. The van der Waals surface area contributed by atoms with Crippen LogP contribution in [0.2, 0.25) is 0 Å². The van der Waals surface area contributed by atoms with Gasteiger partial charge >= 0.3 is 5.97 Å². The number of aromatic nitrogens is 1.